The number of nitriles is 1. The lowest BCUT2D eigenvalue weighted by Gasteiger charge is -2.21. The first-order valence-corrected chi connectivity index (χ1v) is 7.26. The summed E-state index contributed by atoms with van der Waals surface area (Å²) >= 11 is 0. The van der Waals surface area contributed by atoms with E-state index >= 15 is 0 Å². The van der Waals surface area contributed by atoms with Crippen molar-refractivity contribution in [3.8, 4) is 11.8 Å². The fourth-order valence-corrected chi connectivity index (χ4v) is 1.78. The van der Waals surface area contributed by atoms with Gasteiger partial charge in [-0.2, -0.15) is 5.26 Å². The van der Waals surface area contributed by atoms with Crippen molar-refractivity contribution in [1.29, 1.82) is 5.26 Å². The van der Waals surface area contributed by atoms with E-state index in [0.717, 1.165) is 0 Å². The third-order valence-electron chi connectivity index (χ3n) is 2.91. The molecule has 0 aliphatic heterocycles. The molecule has 23 heavy (non-hydrogen) atoms. The molecule has 0 saturated heterocycles. The van der Waals surface area contributed by atoms with Gasteiger partial charge in [-0.15, -0.1) is 6.58 Å². The number of nitrogens with zero attached hydrogens (tertiary/aromatic N) is 2. The maximum atomic E-state index is 12.1. The summed E-state index contributed by atoms with van der Waals surface area (Å²) in [5.74, 6) is -0.105. The van der Waals surface area contributed by atoms with Gasteiger partial charge < -0.3 is 14.4 Å². The molecule has 0 fully saturated rings. The monoisotopic (exact) mass is 316 g/mol. The molecule has 0 aliphatic rings. The Bertz CT molecular complexity index is 551. The van der Waals surface area contributed by atoms with Gasteiger partial charge in [0, 0.05) is 6.42 Å². The van der Waals surface area contributed by atoms with Crippen LogP contribution in [0.3, 0.4) is 0 Å². The number of carbonyl (C=O) groups excluding carboxylic acids is 2. The molecule has 1 amide bonds. The molecule has 0 heterocycles. The van der Waals surface area contributed by atoms with Gasteiger partial charge in [0.2, 0.25) is 5.91 Å². The highest BCUT2D eigenvalue weighted by Crippen LogP contribution is 2.08. The van der Waals surface area contributed by atoms with Gasteiger partial charge in [-0.1, -0.05) is 24.3 Å². The quantitative estimate of drug-likeness (QED) is 0.487. The number of allylic oxidation sites excluding steroid dienone is 1. The van der Waals surface area contributed by atoms with Crippen LogP contribution in [0.25, 0.3) is 0 Å². The average Bonchev–Trinajstić information content (AvgIpc) is 2.57. The molecular weight excluding hydrogens is 296 g/mol. The van der Waals surface area contributed by atoms with E-state index < -0.39 is 5.97 Å². The number of hydrogen-bond acceptors (Lipinski definition) is 5. The van der Waals surface area contributed by atoms with Crippen LogP contribution in [0, 0.1) is 11.3 Å². The Morgan fingerprint density at radius 3 is 2.70 bits per heavy atom. The van der Waals surface area contributed by atoms with Crippen molar-refractivity contribution >= 4 is 11.9 Å². The molecule has 0 radical (unpaired) electrons. The molecule has 0 N–H and O–H groups in total. The minimum atomic E-state index is -0.613. The number of amides is 1. The van der Waals surface area contributed by atoms with E-state index in [2.05, 4.69) is 11.3 Å². The van der Waals surface area contributed by atoms with Crippen LogP contribution in [0.1, 0.15) is 12.8 Å². The fourth-order valence-electron chi connectivity index (χ4n) is 1.78. The minimum absolute atomic E-state index is 0.185. The van der Waals surface area contributed by atoms with Crippen LogP contribution < -0.4 is 4.74 Å². The number of benzene rings is 1. The predicted octanol–water partition coefficient (Wildman–Crippen LogP) is 1.93. The standard InChI is InChI=1S/C17H20N2O4/c1-2-3-9-16(20)19(14-17(21)23-12-10-18)11-13-22-15-7-5-4-6-8-15/h2,4-8H,1,3,9,11-14H2. The molecule has 6 heteroatoms. The molecule has 0 spiro atoms. The van der Waals surface area contributed by atoms with Crippen molar-refractivity contribution in [2.45, 2.75) is 12.8 Å². The summed E-state index contributed by atoms with van der Waals surface area (Å²) in [4.78, 5) is 25.1. The van der Waals surface area contributed by atoms with Crippen LogP contribution in [-0.2, 0) is 14.3 Å². The first-order valence-electron chi connectivity index (χ1n) is 7.26. The fraction of sp³-hybridized carbons (Fsp3) is 0.353. The summed E-state index contributed by atoms with van der Waals surface area (Å²) < 4.78 is 10.2. The molecule has 1 aromatic rings. The number of hydrogen-bond donors (Lipinski definition) is 0. The van der Waals surface area contributed by atoms with Crippen molar-refractivity contribution in [3.63, 3.8) is 0 Å². The Morgan fingerprint density at radius 1 is 1.30 bits per heavy atom. The highest BCUT2D eigenvalue weighted by atomic mass is 16.5. The van der Waals surface area contributed by atoms with E-state index in [1.165, 1.54) is 4.90 Å². The van der Waals surface area contributed by atoms with E-state index in [0.29, 0.717) is 12.2 Å². The van der Waals surface area contributed by atoms with E-state index in [1.54, 1.807) is 12.1 Å². The largest absolute Gasteiger partial charge is 0.492 e. The van der Waals surface area contributed by atoms with Crippen LogP contribution >= 0.6 is 0 Å². The van der Waals surface area contributed by atoms with E-state index in [9.17, 15) is 9.59 Å². The third kappa shape index (κ3) is 7.67. The molecule has 122 valence electrons. The van der Waals surface area contributed by atoms with E-state index in [4.69, 9.17) is 10.00 Å². The highest BCUT2D eigenvalue weighted by Gasteiger charge is 2.17. The Kier molecular flexibility index (Phi) is 8.61. The maximum Gasteiger partial charge on any atom is 0.326 e. The summed E-state index contributed by atoms with van der Waals surface area (Å²) in [7, 11) is 0. The summed E-state index contributed by atoms with van der Waals surface area (Å²) in [5.41, 5.74) is 0. The van der Waals surface area contributed by atoms with Crippen molar-refractivity contribution in [1.82, 2.24) is 4.90 Å². The number of rotatable bonds is 10. The zero-order chi connectivity index (χ0) is 16.9. The zero-order valence-corrected chi connectivity index (χ0v) is 12.9. The predicted molar refractivity (Wildman–Crippen MR) is 84.5 cm³/mol. The average molecular weight is 316 g/mol. The minimum Gasteiger partial charge on any atom is -0.492 e. The Labute approximate surface area is 135 Å². The van der Waals surface area contributed by atoms with Gasteiger partial charge >= 0.3 is 5.97 Å². The molecule has 0 bridgehead atoms. The summed E-state index contributed by atoms with van der Waals surface area (Å²) in [6.07, 6.45) is 2.44. The van der Waals surface area contributed by atoms with Gasteiger partial charge in [0.25, 0.3) is 0 Å². The molecule has 0 unspecified atom stereocenters. The maximum absolute atomic E-state index is 12.1. The molecule has 0 aliphatic carbocycles. The zero-order valence-electron chi connectivity index (χ0n) is 12.9. The molecular formula is C17H20N2O4. The second kappa shape index (κ2) is 10.9. The van der Waals surface area contributed by atoms with Crippen LogP contribution in [0.4, 0.5) is 0 Å². The first kappa shape index (κ1) is 18.2. The van der Waals surface area contributed by atoms with Crippen LogP contribution in [0.15, 0.2) is 43.0 Å². The Morgan fingerprint density at radius 2 is 2.04 bits per heavy atom. The molecule has 0 atom stereocenters. The molecule has 0 saturated carbocycles. The van der Waals surface area contributed by atoms with Crippen molar-refractivity contribution in [2.24, 2.45) is 0 Å². The molecule has 6 nitrogen and oxygen atoms in total. The lowest BCUT2D eigenvalue weighted by atomic mass is 10.2. The van der Waals surface area contributed by atoms with Crippen molar-refractivity contribution < 1.29 is 19.1 Å². The van der Waals surface area contributed by atoms with E-state index in [-0.39, 0.29) is 38.6 Å². The van der Waals surface area contributed by atoms with Crippen LogP contribution in [0.5, 0.6) is 5.75 Å². The van der Waals surface area contributed by atoms with Gasteiger partial charge in [-0.25, -0.2) is 0 Å². The van der Waals surface area contributed by atoms with Gasteiger partial charge in [0.05, 0.1) is 6.54 Å². The number of carbonyl (C=O) groups is 2. The van der Waals surface area contributed by atoms with Gasteiger partial charge in [0.15, 0.2) is 6.61 Å². The van der Waals surface area contributed by atoms with Gasteiger partial charge in [0.1, 0.15) is 25.0 Å². The topological polar surface area (TPSA) is 79.6 Å². The second-order valence-electron chi connectivity index (χ2n) is 4.62. The lowest BCUT2D eigenvalue weighted by Crippen LogP contribution is -2.39. The van der Waals surface area contributed by atoms with Crippen molar-refractivity contribution in [3.05, 3.63) is 43.0 Å². The molecule has 1 aromatic carbocycles. The van der Waals surface area contributed by atoms with E-state index in [1.807, 2.05) is 30.3 Å². The Balaban J connectivity index is 2.52. The van der Waals surface area contributed by atoms with Crippen LogP contribution in [-0.4, -0.2) is 43.1 Å². The lowest BCUT2D eigenvalue weighted by molar-refractivity contribution is -0.148. The van der Waals surface area contributed by atoms with Gasteiger partial charge in [-0.3, -0.25) is 9.59 Å². The first-order chi connectivity index (χ1) is 11.2. The van der Waals surface area contributed by atoms with Crippen molar-refractivity contribution in [2.75, 3.05) is 26.3 Å². The number of ether oxygens (including phenoxy) is 2. The normalized spacial score (nSPS) is 9.52. The third-order valence-corrected chi connectivity index (χ3v) is 2.91. The van der Waals surface area contributed by atoms with Crippen LogP contribution in [0.2, 0.25) is 0 Å². The highest BCUT2D eigenvalue weighted by molar-refractivity contribution is 5.82. The smallest absolute Gasteiger partial charge is 0.326 e. The SMILES string of the molecule is C=CCCC(=O)N(CCOc1ccccc1)CC(=O)OCC#N. The molecule has 0 aromatic heterocycles. The number of para-hydroxylation sites is 1. The molecule has 1 rings (SSSR count). The Hall–Kier alpha value is -2.81. The summed E-state index contributed by atoms with van der Waals surface area (Å²) in [6, 6.07) is 10.9. The summed E-state index contributed by atoms with van der Waals surface area (Å²) in [5, 5.41) is 8.40. The summed E-state index contributed by atoms with van der Waals surface area (Å²) in [6.45, 7) is 3.56. The second-order valence-corrected chi connectivity index (χ2v) is 4.62. The van der Waals surface area contributed by atoms with Gasteiger partial charge in [-0.05, 0) is 18.6 Å². The number of esters is 1.